The summed E-state index contributed by atoms with van der Waals surface area (Å²) in [5.41, 5.74) is 0.259. The largest absolute Gasteiger partial charge is 0.573 e. The number of hydrogen-bond donors (Lipinski definition) is 2. The van der Waals surface area contributed by atoms with Crippen molar-refractivity contribution in [2.75, 3.05) is 0 Å². The Morgan fingerprint density at radius 2 is 1.96 bits per heavy atom. The van der Waals surface area contributed by atoms with E-state index in [1.165, 1.54) is 31.2 Å². The van der Waals surface area contributed by atoms with Gasteiger partial charge < -0.3 is 19.6 Å². The number of carbonyl (C=O) groups excluding carboxylic acids is 1. The predicted octanol–water partition coefficient (Wildman–Crippen LogP) is 3.43. The zero-order valence-corrected chi connectivity index (χ0v) is 13.7. The zero-order valence-electron chi connectivity index (χ0n) is 13.7. The van der Waals surface area contributed by atoms with Gasteiger partial charge >= 0.3 is 12.3 Å². The summed E-state index contributed by atoms with van der Waals surface area (Å²) in [7, 11) is 0. The van der Waals surface area contributed by atoms with Crippen molar-refractivity contribution in [3.8, 4) is 5.75 Å². The number of alkyl halides is 3. The summed E-state index contributed by atoms with van der Waals surface area (Å²) in [5.74, 6) is -1.41. The molecule has 1 amide bonds. The maximum Gasteiger partial charge on any atom is 0.573 e. The molecule has 0 radical (unpaired) electrons. The molecule has 0 aliphatic rings. The molecule has 0 atom stereocenters. The second-order valence-electron chi connectivity index (χ2n) is 5.42. The zero-order chi connectivity index (χ0) is 19.3. The molecule has 0 aliphatic heterocycles. The fourth-order valence-corrected chi connectivity index (χ4v) is 2.30. The van der Waals surface area contributed by atoms with E-state index in [1.54, 1.807) is 6.07 Å². The molecular weight excluding hydrogens is 355 g/mol. The highest BCUT2D eigenvalue weighted by atomic mass is 19.4. The van der Waals surface area contributed by atoms with E-state index in [0.717, 1.165) is 0 Å². The summed E-state index contributed by atoms with van der Waals surface area (Å²) in [6.07, 6.45) is -4.82. The van der Waals surface area contributed by atoms with Crippen molar-refractivity contribution in [3.63, 3.8) is 0 Å². The van der Waals surface area contributed by atoms with E-state index >= 15 is 0 Å². The maximum atomic E-state index is 12.4. The highest BCUT2D eigenvalue weighted by Crippen LogP contribution is 2.27. The first-order chi connectivity index (χ1) is 12.2. The number of aromatic carboxylic acids is 1. The Morgan fingerprint density at radius 1 is 1.27 bits per heavy atom. The van der Waals surface area contributed by atoms with Gasteiger partial charge in [-0.05, 0) is 31.0 Å². The fraction of sp³-hybridized carbons (Fsp3) is 0.294. The first-order valence-corrected chi connectivity index (χ1v) is 7.58. The van der Waals surface area contributed by atoms with E-state index < -0.39 is 18.2 Å². The number of halogens is 3. The van der Waals surface area contributed by atoms with Gasteiger partial charge in [-0.3, -0.25) is 4.79 Å². The van der Waals surface area contributed by atoms with E-state index in [1.807, 2.05) is 0 Å². The van der Waals surface area contributed by atoms with Crippen molar-refractivity contribution < 1.29 is 37.0 Å². The average Bonchev–Trinajstić information content (AvgIpc) is 2.92. The van der Waals surface area contributed by atoms with Crippen LogP contribution in [0.4, 0.5) is 13.2 Å². The minimum atomic E-state index is -4.81. The molecule has 1 aromatic carbocycles. The topological polar surface area (TPSA) is 88.8 Å². The van der Waals surface area contributed by atoms with E-state index in [2.05, 4.69) is 10.1 Å². The Labute approximate surface area is 146 Å². The molecule has 6 nitrogen and oxygen atoms in total. The first kappa shape index (κ1) is 19.4. The van der Waals surface area contributed by atoms with Gasteiger partial charge in [0.05, 0.1) is 6.54 Å². The van der Waals surface area contributed by atoms with Crippen LogP contribution in [0, 0.1) is 6.92 Å². The van der Waals surface area contributed by atoms with Crippen LogP contribution in [0.1, 0.15) is 33.9 Å². The van der Waals surface area contributed by atoms with Gasteiger partial charge in [0.2, 0.25) is 5.91 Å². The number of amides is 1. The molecule has 2 N–H and O–H groups in total. The van der Waals surface area contributed by atoms with Crippen LogP contribution in [0.2, 0.25) is 0 Å². The summed E-state index contributed by atoms with van der Waals surface area (Å²) in [4.78, 5) is 22.8. The van der Waals surface area contributed by atoms with Gasteiger partial charge in [0, 0.05) is 6.42 Å². The normalized spacial score (nSPS) is 11.2. The number of carboxylic acids is 1. The molecule has 0 spiro atoms. The molecule has 1 aromatic heterocycles. The van der Waals surface area contributed by atoms with E-state index in [9.17, 15) is 22.8 Å². The van der Waals surface area contributed by atoms with Crippen LogP contribution < -0.4 is 10.1 Å². The molecular formula is C17H16F3NO5. The number of aryl methyl sites for hydroxylation is 2. The van der Waals surface area contributed by atoms with Crippen LogP contribution in [0.5, 0.6) is 5.75 Å². The Hall–Kier alpha value is -2.97. The van der Waals surface area contributed by atoms with Crippen LogP contribution in [0.25, 0.3) is 0 Å². The number of benzene rings is 1. The number of carboxylic acid groups (broad SMARTS) is 1. The molecule has 0 saturated carbocycles. The number of nitrogens with one attached hydrogen (secondary N) is 1. The van der Waals surface area contributed by atoms with Crippen molar-refractivity contribution >= 4 is 11.9 Å². The van der Waals surface area contributed by atoms with Gasteiger partial charge in [-0.25, -0.2) is 4.79 Å². The standard InChI is InChI=1S/C17H16F3NO5/c1-10-13(16(23)24)8-12(25-10)9-21-15(22)7-6-11-4-2-3-5-14(11)26-17(18,19)20/h2-5,8H,6-7,9H2,1H3,(H,21,22)(H,23,24). The predicted molar refractivity (Wildman–Crippen MR) is 83.7 cm³/mol. The molecule has 140 valence electrons. The Balaban J connectivity index is 1.90. The van der Waals surface area contributed by atoms with Crippen molar-refractivity contribution in [1.82, 2.24) is 5.32 Å². The highest BCUT2D eigenvalue weighted by molar-refractivity contribution is 5.88. The second-order valence-corrected chi connectivity index (χ2v) is 5.42. The quantitative estimate of drug-likeness (QED) is 0.778. The lowest BCUT2D eigenvalue weighted by molar-refractivity contribution is -0.274. The van der Waals surface area contributed by atoms with E-state index in [4.69, 9.17) is 9.52 Å². The van der Waals surface area contributed by atoms with Gasteiger partial charge in [0.15, 0.2) is 0 Å². The summed E-state index contributed by atoms with van der Waals surface area (Å²) >= 11 is 0. The molecule has 0 saturated heterocycles. The summed E-state index contributed by atoms with van der Waals surface area (Å²) in [5, 5.41) is 11.5. The Morgan fingerprint density at radius 3 is 2.58 bits per heavy atom. The number of para-hydroxylation sites is 1. The fourth-order valence-electron chi connectivity index (χ4n) is 2.30. The summed E-state index contributed by atoms with van der Waals surface area (Å²) < 4.78 is 46.3. The number of rotatable bonds is 7. The van der Waals surface area contributed by atoms with Crippen LogP contribution in [-0.2, 0) is 17.8 Å². The molecule has 0 fully saturated rings. The third kappa shape index (κ3) is 5.54. The second kappa shape index (κ2) is 7.94. The smallest absolute Gasteiger partial charge is 0.478 e. The van der Waals surface area contributed by atoms with Gasteiger partial charge in [-0.2, -0.15) is 0 Å². The van der Waals surface area contributed by atoms with E-state index in [0.29, 0.717) is 0 Å². The van der Waals surface area contributed by atoms with E-state index in [-0.39, 0.29) is 47.8 Å². The van der Waals surface area contributed by atoms with Gasteiger partial charge in [0.25, 0.3) is 0 Å². The number of carbonyl (C=O) groups is 2. The lowest BCUT2D eigenvalue weighted by Crippen LogP contribution is -2.23. The van der Waals surface area contributed by atoms with Crippen molar-refractivity contribution in [2.45, 2.75) is 32.7 Å². The van der Waals surface area contributed by atoms with Crippen LogP contribution in [-0.4, -0.2) is 23.3 Å². The number of hydrogen-bond acceptors (Lipinski definition) is 4. The SMILES string of the molecule is Cc1oc(CNC(=O)CCc2ccccc2OC(F)(F)F)cc1C(=O)O. The first-order valence-electron chi connectivity index (χ1n) is 7.58. The van der Waals surface area contributed by atoms with Crippen LogP contribution in [0.3, 0.4) is 0 Å². The summed E-state index contributed by atoms with van der Waals surface area (Å²) in [6, 6.07) is 6.90. The molecule has 2 aromatic rings. The Kier molecular flexibility index (Phi) is 5.91. The lowest BCUT2D eigenvalue weighted by atomic mass is 10.1. The third-order valence-electron chi connectivity index (χ3n) is 3.48. The molecule has 2 rings (SSSR count). The number of ether oxygens (including phenoxy) is 1. The van der Waals surface area contributed by atoms with Gasteiger partial charge in [-0.15, -0.1) is 13.2 Å². The highest BCUT2D eigenvalue weighted by Gasteiger charge is 2.31. The molecule has 0 bridgehead atoms. The minimum absolute atomic E-state index is 0.00692. The maximum absolute atomic E-state index is 12.4. The molecule has 26 heavy (non-hydrogen) atoms. The third-order valence-corrected chi connectivity index (χ3v) is 3.48. The minimum Gasteiger partial charge on any atom is -0.478 e. The molecule has 1 heterocycles. The summed E-state index contributed by atoms with van der Waals surface area (Å²) in [6.45, 7) is 1.47. The molecule has 9 heteroatoms. The number of furan rings is 1. The van der Waals surface area contributed by atoms with Gasteiger partial charge in [-0.1, -0.05) is 18.2 Å². The lowest BCUT2D eigenvalue weighted by Gasteiger charge is -2.13. The van der Waals surface area contributed by atoms with Crippen molar-refractivity contribution in [1.29, 1.82) is 0 Å². The van der Waals surface area contributed by atoms with Crippen LogP contribution in [0.15, 0.2) is 34.7 Å². The Bertz CT molecular complexity index is 798. The monoisotopic (exact) mass is 371 g/mol. The van der Waals surface area contributed by atoms with Crippen molar-refractivity contribution in [2.24, 2.45) is 0 Å². The van der Waals surface area contributed by atoms with Crippen molar-refractivity contribution in [3.05, 3.63) is 53.0 Å². The average molecular weight is 371 g/mol. The van der Waals surface area contributed by atoms with Crippen LogP contribution >= 0.6 is 0 Å². The van der Waals surface area contributed by atoms with Gasteiger partial charge in [0.1, 0.15) is 22.8 Å². The molecule has 0 unspecified atom stereocenters. The molecule has 0 aliphatic carbocycles.